The van der Waals surface area contributed by atoms with Gasteiger partial charge in [-0.25, -0.2) is 17.5 Å². The highest BCUT2D eigenvalue weighted by Gasteiger charge is 2.25. The number of hydrogen-bond donors (Lipinski definition) is 1. The molecule has 8 heteroatoms. The number of ether oxygens (including phenoxy) is 1. The number of para-hydroxylation sites is 1. The van der Waals surface area contributed by atoms with Gasteiger partial charge in [-0.15, -0.1) is 0 Å². The lowest BCUT2D eigenvalue weighted by Crippen LogP contribution is -2.25. The summed E-state index contributed by atoms with van der Waals surface area (Å²) in [5.74, 6) is -1.00. The van der Waals surface area contributed by atoms with Crippen molar-refractivity contribution in [2.45, 2.75) is 24.8 Å². The molecule has 152 valence electrons. The summed E-state index contributed by atoms with van der Waals surface area (Å²) in [5, 5.41) is 0.774. The largest absolute Gasteiger partial charge is 0.451 e. The monoisotopic (exact) mass is 414 g/mol. The zero-order valence-corrected chi connectivity index (χ0v) is 17.4. The lowest BCUT2D eigenvalue weighted by Gasteiger charge is -2.14. The van der Waals surface area contributed by atoms with Crippen LogP contribution in [0.5, 0.6) is 0 Å². The molecular weight excluding hydrogens is 392 g/mol. The molecule has 0 fully saturated rings. The summed E-state index contributed by atoms with van der Waals surface area (Å²) in [6.07, 6.45) is -0.995. The number of sulfonamides is 1. The predicted molar refractivity (Wildman–Crippen MR) is 110 cm³/mol. The number of aromatic nitrogens is 1. The average Bonchev–Trinajstić information content (AvgIpc) is 3.02. The van der Waals surface area contributed by atoms with Crippen LogP contribution in [-0.4, -0.2) is 49.7 Å². The van der Waals surface area contributed by atoms with E-state index in [1.807, 2.05) is 24.3 Å². The minimum absolute atomic E-state index is 0.0672. The number of rotatable bonds is 6. The Hall–Kier alpha value is -2.97. The van der Waals surface area contributed by atoms with Crippen LogP contribution in [0, 0.1) is 6.92 Å². The quantitative estimate of drug-likeness (QED) is 0.494. The van der Waals surface area contributed by atoms with E-state index in [9.17, 15) is 18.0 Å². The first kappa shape index (κ1) is 20.8. The van der Waals surface area contributed by atoms with Crippen LogP contribution in [0.15, 0.2) is 53.4 Å². The van der Waals surface area contributed by atoms with Crippen LogP contribution >= 0.6 is 0 Å². The topological polar surface area (TPSA) is 96.5 Å². The molecule has 0 spiro atoms. The fourth-order valence-electron chi connectivity index (χ4n) is 3.05. The first-order chi connectivity index (χ1) is 13.6. The number of aryl methyl sites for hydroxylation is 1. The van der Waals surface area contributed by atoms with Gasteiger partial charge in [-0.1, -0.05) is 18.2 Å². The molecule has 29 heavy (non-hydrogen) atoms. The van der Waals surface area contributed by atoms with Crippen LogP contribution in [0.3, 0.4) is 0 Å². The third-order valence-corrected chi connectivity index (χ3v) is 6.49. The van der Waals surface area contributed by atoms with Crippen LogP contribution in [0.2, 0.25) is 0 Å². The molecule has 0 saturated carbocycles. The van der Waals surface area contributed by atoms with E-state index in [-0.39, 0.29) is 16.2 Å². The Labute approximate surface area is 169 Å². The van der Waals surface area contributed by atoms with Gasteiger partial charge >= 0.3 is 5.97 Å². The van der Waals surface area contributed by atoms with E-state index >= 15 is 0 Å². The SMILES string of the molecule is Cc1[nH]c2ccccc2c1C(=O)C(C)OC(=O)c1ccc(S(=O)(=O)N(C)C)cc1. The molecule has 3 rings (SSSR count). The average molecular weight is 414 g/mol. The first-order valence-corrected chi connectivity index (χ1v) is 10.4. The van der Waals surface area contributed by atoms with Gasteiger partial charge in [-0.3, -0.25) is 4.79 Å². The van der Waals surface area contributed by atoms with Crippen LogP contribution in [-0.2, 0) is 14.8 Å². The van der Waals surface area contributed by atoms with Crippen molar-refractivity contribution in [3.63, 3.8) is 0 Å². The van der Waals surface area contributed by atoms with Crippen LogP contribution < -0.4 is 0 Å². The molecule has 0 saturated heterocycles. The standard InChI is InChI=1S/C21H22N2O5S/c1-13-19(17-7-5-6-8-18(17)22-13)20(24)14(2)28-21(25)15-9-11-16(12-10-15)29(26,27)23(3)4/h5-12,14,22H,1-4H3. The number of H-pyrrole nitrogens is 1. The predicted octanol–water partition coefficient (Wildman–Crippen LogP) is 3.15. The Bertz CT molecular complexity index is 1180. The zero-order chi connectivity index (χ0) is 21.3. The Morgan fingerprint density at radius 3 is 2.28 bits per heavy atom. The number of fused-ring (bicyclic) bond motifs is 1. The molecule has 1 atom stereocenters. The molecule has 0 aliphatic heterocycles. The molecule has 1 aromatic heterocycles. The highest BCUT2D eigenvalue weighted by Crippen LogP contribution is 2.24. The molecule has 7 nitrogen and oxygen atoms in total. The fourth-order valence-corrected chi connectivity index (χ4v) is 3.96. The third-order valence-electron chi connectivity index (χ3n) is 4.66. The summed E-state index contributed by atoms with van der Waals surface area (Å²) in [4.78, 5) is 28.5. The lowest BCUT2D eigenvalue weighted by molar-refractivity contribution is 0.0319. The van der Waals surface area contributed by atoms with Crippen molar-refractivity contribution in [1.82, 2.24) is 9.29 Å². The number of nitrogens with one attached hydrogen (secondary N) is 1. The molecule has 1 unspecified atom stereocenters. The summed E-state index contributed by atoms with van der Waals surface area (Å²) in [7, 11) is -0.731. The second kappa shape index (κ2) is 7.81. The van der Waals surface area contributed by atoms with E-state index < -0.39 is 22.1 Å². The number of benzene rings is 2. The minimum Gasteiger partial charge on any atom is -0.451 e. The van der Waals surface area contributed by atoms with Crippen molar-refractivity contribution in [1.29, 1.82) is 0 Å². The number of hydrogen-bond acceptors (Lipinski definition) is 5. The molecule has 0 amide bonds. The maximum absolute atomic E-state index is 12.9. The van der Waals surface area contributed by atoms with Gasteiger partial charge in [0, 0.05) is 36.3 Å². The fraction of sp³-hybridized carbons (Fsp3) is 0.238. The Morgan fingerprint density at radius 2 is 1.66 bits per heavy atom. The molecule has 0 radical (unpaired) electrons. The second-order valence-electron chi connectivity index (χ2n) is 6.89. The number of carbonyl (C=O) groups is 2. The van der Waals surface area contributed by atoms with Gasteiger partial charge in [0.2, 0.25) is 15.8 Å². The molecule has 2 aromatic carbocycles. The van der Waals surface area contributed by atoms with E-state index in [4.69, 9.17) is 4.74 Å². The van der Waals surface area contributed by atoms with Crippen molar-refractivity contribution >= 4 is 32.7 Å². The van der Waals surface area contributed by atoms with Gasteiger partial charge in [-0.2, -0.15) is 0 Å². The summed E-state index contributed by atoms with van der Waals surface area (Å²) >= 11 is 0. The number of esters is 1. The summed E-state index contributed by atoms with van der Waals surface area (Å²) < 4.78 is 30.6. The van der Waals surface area contributed by atoms with Gasteiger partial charge in [0.05, 0.1) is 10.5 Å². The van der Waals surface area contributed by atoms with Gasteiger partial charge in [-0.05, 0) is 44.2 Å². The maximum Gasteiger partial charge on any atom is 0.338 e. The number of aromatic amines is 1. The van der Waals surface area contributed by atoms with E-state index in [1.54, 1.807) is 6.92 Å². The first-order valence-electron chi connectivity index (χ1n) is 8.98. The van der Waals surface area contributed by atoms with Gasteiger partial charge in [0.15, 0.2) is 6.10 Å². The zero-order valence-electron chi connectivity index (χ0n) is 16.6. The number of ketones is 1. The highest BCUT2D eigenvalue weighted by molar-refractivity contribution is 7.89. The molecule has 1 heterocycles. The van der Waals surface area contributed by atoms with E-state index in [1.165, 1.54) is 45.3 Å². The van der Waals surface area contributed by atoms with Crippen molar-refractivity contribution in [3.05, 3.63) is 65.4 Å². The van der Waals surface area contributed by atoms with E-state index in [0.717, 1.165) is 15.2 Å². The summed E-state index contributed by atoms with van der Waals surface area (Å²) in [5.41, 5.74) is 2.20. The Balaban J connectivity index is 1.78. The molecule has 0 bridgehead atoms. The molecular formula is C21H22N2O5S. The number of Topliss-reactive ketones (excluding diaryl/α,β-unsaturated/α-hetero) is 1. The van der Waals surface area contributed by atoms with Crippen LogP contribution in [0.1, 0.15) is 33.3 Å². The van der Waals surface area contributed by atoms with Crippen molar-refractivity contribution in [2.75, 3.05) is 14.1 Å². The summed E-state index contributed by atoms with van der Waals surface area (Å²) in [6.45, 7) is 3.32. The van der Waals surface area contributed by atoms with Gasteiger partial charge in [0.1, 0.15) is 0 Å². The molecule has 1 N–H and O–H groups in total. The Kier molecular flexibility index (Phi) is 5.59. The third kappa shape index (κ3) is 3.94. The Morgan fingerprint density at radius 1 is 1.03 bits per heavy atom. The van der Waals surface area contributed by atoms with Crippen molar-refractivity contribution in [2.24, 2.45) is 0 Å². The van der Waals surface area contributed by atoms with E-state index in [2.05, 4.69) is 4.98 Å². The van der Waals surface area contributed by atoms with Crippen LogP contribution in [0.4, 0.5) is 0 Å². The highest BCUT2D eigenvalue weighted by atomic mass is 32.2. The van der Waals surface area contributed by atoms with Crippen LogP contribution in [0.25, 0.3) is 10.9 Å². The van der Waals surface area contributed by atoms with Gasteiger partial charge < -0.3 is 9.72 Å². The molecule has 3 aromatic rings. The van der Waals surface area contributed by atoms with Crippen molar-refractivity contribution < 1.29 is 22.7 Å². The number of nitrogens with zero attached hydrogens (tertiary/aromatic N) is 1. The van der Waals surface area contributed by atoms with Gasteiger partial charge in [0.25, 0.3) is 0 Å². The maximum atomic E-state index is 12.9. The summed E-state index contributed by atoms with van der Waals surface area (Å²) in [6, 6.07) is 12.8. The molecule has 0 aliphatic rings. The van der Waals surface area contributed by atoms with E-state index in [0.29, 0.717) is 11.3 Å². The minimum atomic E-state index is -3.59. The number of carbonyl (C=O) groups excluding carboxylic acids is 2. The lowest BCUT2D eigenvalue weighted by atomic mass is 10.0. The van der Waals surface area contributed by atoms with Crippen molar-refractivity contribution in [3.8, 4) is 0 Å². The molecule has 0 aliphatic carbocycles. The second-order valence-corrected chi connectivity index (χ2v) is 9.05. The smallest absolute Gasteiger partial charge is 0.338 e. The normalized spacial score (nSPS) is 12.9.